The van der Waals surface area contributed by atoms with Crippen molar-refractivity contribution in [3.8, 4) is 17.6 Å². The number of alkyl halides is 3. The van der Waals surface area contributed by atoms with E-state index in [1.165, 1.54) is 11.9 Å². The number of nitrogens with zero attached hydrogens (tertiary/aromatic N) is 5. The standard InChI is InChI=1S/C24H27F3N6O5/c1-3-4-12-31-18-19(33(38-21(35)24(25,26)27)22(31)30-13-10-28-11-14-30)29(2)23(36)32(20(18)34)15-16-37-17-8-6-5-7-9-17/h5-9,22,28H,10-16H2,1-2H3. The highest BCUT2D eigenvalue weighted by Gasteiger charge is 2.50. The molecule has 1 aromatic heterocycles. The number of nitrogens with one attached hydrogen (secondary N) is 1. The van der Waals surface area contributed by atoms with Crippen molar-refractivity contribution in [3.05, 3.63) is 51.2 Å². The number of fused-ring (bicyclic) bond motifs is 1. The molecule has 1 atom stereocenters. The van der Waals surface area contributed by atoms with Gasteiger partial charge in [0.2, 0.25) is 0 Å². The Morgan fingerprint density at radius 2 is 1.84 bits per heavy atom. The lowest BCUT2D eigenvalue weighted by atomic mass is 10.3. The lowest BCUT2D eigenvalue weighted by Gasteiger charge is -2.40. The maximum Gasteiger partial charge on any atom is 0.493 e. The van der Waals surface area contributed by atoms with Crippen LogP contribution in [-0.2, 0) is 23.2 Å². The van der Waals surface area contributed by atoms with Crippen LogP contribution in [0.15, 0.2) is 39.9 Å². The lowest BCUT2D eigenvalue weighted by Crippen LogP contribution is -2.61. The molecule has 0 amide bonds. The number of piperazine rings is 1. The molecule has 2 aliphatic heterocycles. The van der Waals surface area contributed by atoms with Gasteiger partial charge in [-0.3, -0.25) is 18.8 Å². The van der Waals surface area contributed by atoms with E-state index in [0.717, 1.165) is 9.13 Å². The number of carbonyl (C=O) groups excluding carboxylic acids is 1. The highest BCUT2D eigenvalue weighted by Crippen LogP contribution is 2.38. The largest absolute Gasteiger partial charge is 0.493 e. The molecule has 3 heterocycles. The van der Waals surface area contributed by atoms with Crippen LogP contribution in [0.5, 0.6) is 5.75 Å². The molecular formula is C24H27F3N6O5. The Balaban J connectivity index is 1.80. The number of anilines is 2. The molecule has 4 rings (SSSR count). The van der Waals surface area contributed by atoms with Crippen LogP contribution in [-0.4, -0.2) is 71.8 Å². The number of hydrogen-bond acceptors (Lipinski definition) is 9. The van der Waals surface area contributed by atoms with Crippen LogP contribution in [0.2, 0.25) is 0 Å². The SMILES string of the molecule is CC#CCN1c2c(n(C)c(=O)n(CCOc3ccccc3)c2=O)N(OC(=O)C(F)(F)F)C1N1CCNCC1. The predicted molar refractivity (Wildman–Crippen MR) is 132 cm³/mol. The minimum Gasteiger partial charge on any atom is -0.492 e. The van der Waals surface area contributed by atoms with Crippen molar-refractivity contribution >= 4 is 17.5 Å². The van der Waals surface area contributed by atoms with Gasteiger partial charge in [0.05, 0.1) is 13.1 Å². The van der Waals surface area contributed by atoms with Crippen LogP contribution in [0.4, 0.5) is 24.7 Å². The molecule has 2 aliphatic rings. The van der Waals surface area contributed by atoms with E-state index in [4.69, 9.17) is 9.57 Å². The molecule has 1 saturated heterocycles. The van der Waals surface area contributed by atoms with Crippen LogP contribution < -0.4 is 31.3 Å². The quantitative estimate of drug-likeness (QED) is 0.507. The lowest BCUT2D eigenvalue weighted by molar-refractivity contribution is -0.203. The van der Waals surface area contributed by atoms with Crippen LogP contribution >= 0.6 is 0 Å². The van der Waals surface area contributed by atoms with Gasteiger partial charge in [-0.1, -0.05) is 24.1 Å². The summed E-state index contributed by atoms with van der Waals surface area (Å²) in [5, 5.41) is 3.84. The van der Waals surface area contributed by atoms with Crippen LogP contribution in [0.3, 0.4) is 0 Å². The smallest absolute Gasteiger partial charge is 0.492 e. The first-order valence-electron chi connectivity index (χ1n) is 11.9. The normalized spacial score (nSPS) is 17.6. The zero-order valence-electron chi connectivity index (χ0n) is 20.8. The molecule has 0 bridgehead atoms. The van der Waals surface area contributed by atoms with E-state index in [9.17, 15) is 27.6 Å². The summed E-state index contributed by atoms with van der Waals surface area (Å²) in [7, 11) is 1.30. The first-order chi connectivity index (χ1) is 18.1. The van der Waals surface area contributed by atoms with E-state index in [0.29, 0.717) is 37.0 Å². The topological polar surface area (TPSA) is 101 Å². The van der Waals surface area contributed by atoms with Gasteiger partial charge in [0.25, 0.3) is 5.56 Å². The summed E-state index contributed by atoms with van der Waals surface area (Å²) in [6.07, 6.45) is -6.43. The summed E-state index contributed by atoms with van der Waals surface area (Å²) in [5.74, 6) is 3.36. The minimum atomic E-state index is -5.30. The van der Waals surface area contributed by atoms with Gasteiger partial charge in [-0.2, -0.15) is 13.2 Å². The van der Waals surface area contributed by atoms with Crippen molar-refractivity contribution in [2.45, 2.75) is 25.9 Å². The highest BCUT2D eigenvalue weighted by atomic mass is 19.4. The molecule has 38 heavy (non-hydrogen) atoms. The Bertz CT molecular complexity index is 1340. The molecule has 1 unspecified atom stereocenters. The van der Waals surface area contributed by atoms with Crippen molar-refractivity contribution in [1.82, 2.24) is 19.4 Å². The molecule has 2 aromatic rings. The van der Waals surface area contributed by atoms with Gasteiger partial charge < -0.3 is 19.8 Å². The fourth-order valence-electron chi connectivity index (χ4n) is 4.38. The zero-order chi connectivity index (χ0) is 27.4. The molecule has 1 fully saturated rings. The average Bonchev–Trinajstić information content (AvgIpc) is 3.22. The molecule has 1 aromatic carbocycles. The van der Waals surface area contributed by atoms with E-state index >= 15 is 0 Å². The number of hydroxylamine groups is 1. The molecule has 11 nitrogen and oxygen atoms in total. The highest BCUT2D eigenvalue weighted by molar-refractivity contribution is 5.80. The maximum atomic E-state index is 13.7. The monoisotopic (exact) mass is 536 g/mol. The van der Waals surface area contributed by atoms with Gasteiger partial charge in [-0.25, -0.2) is 9.59 Å². The third-order valence-corrected chi connectivity index (χ3v) is 6.12. The molecular weight excluding hydrogens is 509 g/mol. The molecule has 204 valence electrons. The van der Waals surface area contributed by atoms with Crippen molar-refractivity contribution in [2.75, 3.05) is 49.3 Å². The Hall–Kier alpha value is -3.96. The zero-order valence-corrected chi connectivity index (χ0v) is 20.8. The Labute approximate surface area is 215 Å². The van der Waals surface area contributed by atoms with Gasteiger partial charge in [0, 0.05) is 33.2 Å². The summed E-state index contributed by atoms with van der Waals surface area (Å²) < 4.78 is 47.3. The number of halogens is 3. The fraction of sp³-hybridized carbons (Fsp3) is 0.458. The molecule has 0 radical (unpaired) electrons. The number of rotatable bonds is 7. The summed E-state index contributed by atoms with van der Waals surface area (Å²) in [6, 6.07) is 8.80. The van der Waals surface area contributed by atoms with Crippen molar-refractivity contribution in [3.63, 3.8) is 0 Å². The van der Waals surface area contributed by atoms with Gasteiger partial charge in [-0.05, 0) is 19.1 Å². The van der Waals surface area contributed by atoms with Crippen LogP contribution in [0.1, 0.15) is 6.92 Å². The number of carbonyl (C=O) groups is 1. The second-order valence-electron chi connectivity index (χ2n) is 8.52. The third kappa shape index (κ3) is 5.34. The van der Waals surface area contributed by atoms with E-state index in [1.54, 1.807) is 36.1 Å². The summed E-state index contributed by atoms with van der Waals surface area (Å²) in [6.45, 7) is 3.17. The van der Waals surface area contributed by atoms with Crippen molar-refractivity contribution in [2.24, 2.45) is 7.05 Å². The molecule has 0 saturated carbocycles. The summed E-state index contributed by atoms with van der Waals surface area (Å²) in [5.41, 5.74) is -1.67. The van der Waals surface area contributed by atoms with E-state index in [-0.39, 0.29) is 31.2 Å². The van der Waals surface area contributed by atoms with Gasteiger partial charge in [-0.15, -0.1) is 11.0 Å². The Kier molecular flexibility index (Phi) is 7.98. The van der Waals surface area contributed by atoms with Gasteiger partial charge >= 0.3 is 17.8 Å². The molecule has 0 aliphatic carbocycles. The van der Waals surface area contributed by atoms with Crippen LogP contribution in [0.25, 0.3) is 0 Å². The minimum absolute atomic E-state index is 0.0132. The maximum absolute atomic E-state index is 13.7. The van der Waals surface area contributed by atoms with Gasteiger partial charge in [0.1, 0.15) is 12.4 Å². The number of ether oxygens (including phenoxy) is 1. The van der Waals surface area contributed by atoms with E-state index < -0.39 is 29.7 Å². The fourth-order valence-corrected chi connectivity index (χ4v) is 4.38. The number of hydrogen-bond donors (Lipinski definition) is 1. The van der Waals surface area contributed by atoms with Crippen molar-refractivity contribution < 1.29 is 27.5 Å². The number of para-hydroxylation sites is 1. The average molecular weight is 537 g/mol. The van der Waals surface area contributed by atoms with Crippen LogP contribution in [0, 0.1) is 11.8 Å². The van der Waals surface area contributed by atoms with E-state index in [2.05, 4.69) is 17.2 Å². The Morgan fingerprint density at radius 3 is 2.47 bits per heavy atom. The second kappa shape index (κ2) is 11.2. The molecule has 0 spiro atoms. The predicted octanol–water partition coefficient (Wildman–Crippen LogP) is 0.485. The summed E-state index contributed by atoms with van der Waals surface area (Å²) >= 11 is 0. The summed E-state index contributed by atoms with van der Waals surface area (Å²) in [4.78, 5) is 46.9. The number of benzene rings is 1. The molecule has 14 heteroatoms. The number of aromatic nitrogens is 2. The Morgan fingerprint density at radius 1 is 1.16 bits per heavy atom. The molecule has 1 N–H and O–H groups in total. The van der Waals surface area contributed by atoms with Crippen molar-refractivity contribution in [1.29, 1.82) is 0 Å². The van der Waals surface area contributed by atoms with E-state index in [1.807, 2.05) is 6.07 Å². The third-order valence-electron chi connectivity index (χ3n) is 6.12. The second-order valence-corrected chi connectivity index (χ2v) is 8.52. The first kappa shape index (κ1) is 27.1. The first-order valence-corrected chi connectivity index (χ1v) is 11.9. The van der Waals surface area contributed by atoms with Gasteiger partial charge in [0.15, 0.2) is 17.8 Å².